The monoisotopic (exact) mass is 416 g/mol. The zero-order chi connectivity index (χ0) is 21.4. The van der Waals surface area contributed by atoms with Crippen LogP contribution in [0.2, 0.25) is 0 Å². The van der Waals surface area contributed by atoms with E-state index in [0.29, 0.717) is 12.0 Å². The molecule has 3 aromatic heterocycles. The summed E-state index contributed by atoms with van der Waals surface area (Å²) in [5.41, 5.74) is 3.22. The van der Waals surface area contributed by atoms with Crippen LogP contribution in [0, 0.1) is 5.92 Å². The molecule has 6 heteroatoms. The summed E-state index contributed by atoms with van der Waals surface area (Å²) in [4.78, 5) is 4.53. The van der Waals surface area contributed by atoms with E-state index in [9.17, 15) is 5.11 Å². The molecule has 0 amide bonds. The highest BCUT2D eigenvalue weighted by atomic mass is 16.3. The van der Waals surface area contributed by atoms with Crippen LogP contribution in [0.25, 0.3) is 28.2 Å². The Morgan fingerprint density at radius 2 is 1.84 bits per heavy atom. The van der Waals surface area contributed by atoms with Gasteiger partial charge in [-0.25, -0.2) is 9.50 Å². The molecule has 3 heterocycles. The van der Waals surface area contributed by atoms with Crippen LogP contribution in [0.4, 0.5) is 5.82 Å². The number of hydrogen-bond donors (Lipinski definition) is 2. The van der Waals surface area contributed by atoms with Crippen LogP contribution in [0.1, 0.15) is 39.5 Å². The van der Waals surface area contributed by atoms with E-state index in [2.05, 4.69) is 22.4 Å². The summed E-state index contributed by atoms with van der Waals surface area (Å²) in [5.74, 6) is 2.05. The second-order valence-electron chi connectivity index (χ2n) is 9.04. The van der Waals surface area contributed by atoms with E-state index in [1.54, 1.807) is 6.26 Å². The number of imidazole rings is 1. The van der Waals surface area contributed by atoms with E-state index in [-0.39, 0.29) is 0 Å². The van der Waals surface area contributed by atoms with Gasteiger partial charge in [0.15, 0.2) is 5.65 Å². The Balaban J connectivity index is 1.38. The number of nitrogens with zero attached hydrogens (tertiary/aromatic N) is 3. The molecular formula is C25H28N4O2. The number of anilines is 1. The van der Waals surface area contributed by atoms with Crippen LogP contribution in [0.5, 0.6) is 0 Å². The van der Waals surface area contributed by atoms with Crippen LogP contribution in [0.15, 0.2) is 65.4 Å². The van der Waals surface area contributed by atoms with Crippen LogP contribution in [-0.4, -0.2) is 31.3 Å². The van der Waals surface area contributed by atoms with Crippen LogP contribution < -0.4 is 5.32 Å². The van der Waals surface area contributed by atoms with E-state index in [1.165, 1.54) is 0 Å². The number of nitrogens with one attached hydrogen (secondary N) is 1. The quantitative estimate of drug-likeness (QED) is 0.456. The van der Waals surface area contributed by atoms with Crippen molar-refractivity contribution in [3.63, 3.8) is 0 Å². The minimum absolute atomic E-state index is 0.364. The molecule has 0 atom stereocenters. The summed E-state index contributed by atoms with van der Waals surface area (Å²) in [5, 5.41) is 18.7. The summed E-state index contributed by atoms with van der Waals surface area (Å²) < 4.78 is 7.44. The summed E-state index contributed by atoms with van der Waals surface area (Å²) in [7, 11) is 0. The average Bonchev–Trinajstić information content (AvgIpc) is 3.44. The number of rotatable bonds is 5. The van der Waals surface area contributed by atoms with Gasteiger partial charge in [-0.05, 0) is 75.8 Å². The van der Waals surface area contributed by atoms with Gasteiger partial charge in [-0.15, -0.1) is 5.10 Å². The molecule has 1 aromatic carbocycles. The first kappa shape index (κ1) is 19.8. The van der Waals surface area contributed by atoms with Gasteiger partial charge in [0.05, 0.1) is 23.8 Å². The fourth-order valence-electron chi connectivity index (χ4n) is 4.58. The van der Waals surface area contributed by atoms with E-state index in [1.807, 2.05) is 61.0 Å². The molecule has 0 spiro atoms. The molecule has 160 valence electrons. The lowest BCUT2D eigenvalue weighted by molar-refractivity contribution is -0.000405. The first-order valence-electron chi connectivity index (χ1n) is 11.0. The van der Waals surface area contributed by atoms with E-state index in [4.69, 9.17) is 9.52 Å². The third-order valence-electron chi connectivity index (χ3n) is 6.40. The molecule has 31 heavy (non-hydrogen) atoms. The van der Waals surface area contributed by atoms with E-state index < -0.39 is 5.60 Å². The Labute approximate surface area is 181 Å². The van der Waals surface area contributed by atoms with Crippen molar-refractivity contribution in [1.29, 1.82) is 0 Å². The van der Waals surface area contributed by atoms with Crippen LogP contribution in [-0.2, 0) is 0 Å². The molecule has 0 radical (unpaired) electrons. The largest absolute Gasteiger partial charge is 0.464 e. The van der Waals surface area contributed by atoms with Gasteiger partial charge in [-0.2, -0.15) is 0 Å². The van der Waals surface area contributed by atoms with Crippen molar-refractivity contribution in [3.05, 3.63) is 61.0 Å². The normalized spacial score (nSPS) is 19.6. The Hall–Kier alpha value is -3.12. The van der Waals surface area contributed by atoms with Crippen LogP contribution >= 0.6 is 0 Å². The minimum Gasteiger partial charge on any atom is -0.464 e. The molecule has 5 rings (SSSR count). The molecule has 0 unspecified atom stereocenters. The smallest absolute Gasteiger partial charge is 0.154 e. The summed E-state index contributed by atoms with van der Waals surface area (Å²) in [6.45, 7) is 3.84. The van der Waals surface area contributed by atoms with Crippen LogP contribution in [0.3, 0.4) is 0 Å². The maximum Gasteiger partial charge on any atom is 0.154 e. The van der Waals surface area contributed by atoms with Gasteiger partial charge in [0.25, 0.3) is 0 Å². The lowest BCUT2D eigenvalue weighted by Crippen LogP contribution is -2.37. The van der Waals surface area contributed by atoms with Crippen molar-refractivity contribution in [2.24, 2.45) is 5.92 Å². The highest BCUT2D eigenvalue weighted by molar-refractivity contribution is 5.70. The van der Waals surface area contributed by atoms with Gasteiger partial charge < -0.3 is 14.8 Å². The predicted molar refractivity (Wildman–Crippen MR) is 122 cm³/mol. The van der Waals surface area contributed by atoms with Crippen molar-refractivity contribution in [1.82, 2.24) is 14.6 Å². The molecule has 0 aliphatic heterocycles. The molecule has 1 saturated carbocycles. The van der Waals surface area contributed by atoms with Crippen molar-refractivity contribution in [3.8, 4) is 22.6 Å². The van der Waals surface area contributed by atoms with Gasteiger partial charge in [0, 0.05) is 17.2 Å². The lowest BCUT2D eigenvalue weighted by Gasteiger charge is -2.36. The summed E-state index contributed by atoms with van der Waals surface area (Å²) >= 11 is 0. The number of hydrogen-bond acceptors (Lipinski definition) is 5. The average molecular weight is 417 g/mol. The second-order valence-corrected chi connectivity index (χ2v) is 9.04. The Kier molecular flexibility index (Phi) is 5.02. The van der Waals surface area contributed by atoms with Crippen molar-refractivity contribution in [2.75, 3.05) is 5.32 Å². The number of aromatic nitrogens is 3. The zero-order valence-electron chi connectivity index (χ0n) is 18.0. The maximum atomic E-state index is 10.3. The third-order valence-corrected chi connectivity index (χ3v) is 6.40. The topological polar surface area (TPSA) is 75.6 Å². The van der Waals surface area contributed by atoms with E-state index in [0.717, 1.165) is 59.7 Å². The predicted octanol–water partition coefficient (Wildman–Crippen LogP) is 5.40. The number of benzene rings is 1. The fourth-order valence-corrected chi connectivity index (χ4v) is 4.58. The molecule has 6 nitrogen and oxygen atoms in total. The molecular weight excluding hydrogens is 388 g/mol. The summed E-state index contributed by atoms with van der Waals surface area (Å²) in [6, 6.07) is 16.4. The Morgan fingerprint density at radius 1 is 1.03 bits per heavy atom. The molecule has 1 aliphatic rings. The van der Waals surface area contributed by atoms with Gasteiger partial charge in [0.1, 0.15) is 11.6 Å². The first-order valence-corrected chi connectivity index (χ1v) is 11.0. The Morgan fingerprint density at radius 3 is 2.58 bits per heavy atom. The maximum absolute atomic E-state index is 10.3. The molecule has 1 fully saturated rings. The highest BCUT2D eigenvalue weighted by Gasteiger charge is 2.31. The van der Waals surface area contributed by atoms with E-state index >= 15 is 0 Å². The first-order chi connectivity index (χ1) is 15.0. The Bertz CT molecular complexity index is 1170. The molecule has 0 bridgehead atoms. The van der Waals surface area contributed by atoms with Crippen molar-refractivity contribution >= 4 is 11.5 Å². The molecule has 1 aliphatic carbocycles. The standard InChI is InChI=1S/C25H28N4O2/c1-25(2,30)19-8-10-20(11-9-19)27-23-12-13-24-26-16-21(29(24)28-23)17-5-3-6-18(15-17)22-7-4-14-31-22/h3-7,12-16,19-20,30H,8-11H2,1-2H3,(H,27,28)/t19-,20-. The number of aliphatic hydroxyl groups is 1. The van der Waals surface area contributed by atoms with Gasteiger partial charge in [-0.1, -0.05) is 18.2 Å². The van der Waals surface area contributed by atoms with Gasteiger partial charge in [-0.3, -0.25) is 0 Å². The lowest BCUT2D eigenvalue weighted by atomic mass is 9.77. The van der Waals surface area contributed by atoms with Gasteiger partial charge in [0.2, 0.25) is 0 Å². The molecule has 4 aromatic rings. The second kappa shape index (κ2) is 7.85. The third kappa shape index (κ3) is 4.08. The highest BCUT2D eigenvalue weighted by Crippen LogP contribution is 2.33. The molecule has 0 saturated heterocycles. The molecule has 2 N–H and O–H groups in total. The number of furan rings is 1. The van der Waals surface area contributed by atoms with Gasteiger partial charge >= 0.3 is 0 Å². The minimum atomic E-state index is -0.599. The van der Waals surface area contributed by atoms with Crippen molar-refractivity contribution in [2.45, 2.75) is 51.2 Å². The zero-order valence-corrected chi connectivity index (χ0v) is 18.0. The van der Waals surface area contributed by atoms with Crippen molar-refractivity contribution < 1.29 is 9.52 Å². The fraction of sp³-hybridized carbons (Fsp3) is 0.360. The number of fused-ring (bicyclic) bond motifs is 1. The SMILES string of the molecule is CC(C)(O)[C@H]1CC[C@H](Nc2ccc3ncc(-c4cccc(-c5ccco5)c4)n3n2)CC1. The summed E-state index contributed by atoms with van der Waals surface area (Å²) in [6.07, 6.45) is 7.68.